The summed E-state index contributed by atoms with van der Waals surface area (Å²) in [5, 5.41) is 3.15. The first-order valence-corrected chi connectivity index (χ1v) is 11.9. The van der Waals surface area contributed by atoms with Crippen LogP contribution in [0.5, 0.6) is 5.75 Å². The molecular formula is C26H25N3O5S. The Morgan fingerprint density at radius 2 is 1.83 bits per heavy atom. The number of esters is 1. The first-order valence-electron chi connectivity index (χ1n) is 11.1. The van der Waals surface area contributed by atoms with Gasteiger partial charge in [-0.25, -0.2) is 9.78 Å². The van der Waals surface area contributed by atoms with Crippen molar-refractivity contribution in [1.82, 2.24) is 9.55 Å². The fourth-order valence-corrected chi connectivity index (χ4v) is 4.84. The summed E-state index contributed by atoms with van der Waals surface area (Å²) in [6.45, 7) is 3.63. The van der Waals surface area contributed by atoms with Gasteiger partial charge < -0.3 is 14.8 Å². The normalized spacial score (nSPS) is 11.7. The van der Waals surface area contributed by atoms with Crippen LogP contribution in [-0.4, -0.2) is 28.5 Å². The van der Waals surface area contributed by atoms with E-state index in [0.29, 0.717) is 38.5 Å². The van der Waals surface area contributed by atoms with E-state index >= 15 is 0 Å². The summed E-state index contributed by atoms with van der Waals surface area (Å²) in [5.41, 5.74) is 1.51. The molecule has 1 N–H and O–H groups in total. The van der Waals surface area contributed by atoms with Crippen molar-refractivity contribution in [2.45, 2.75) is 32.9 Å². The van der Waals surface area contributed by atoms with Crippen molar-refractivity contribution in [3.8, 4) is 5.75 Å². The fraction of sp³-hybridized carbons (Fsp3) is 0.231. The first kappa shape index (κ1) is 24.2. The predicted molar refractivity (Wildman–Crippen MR) is 135 cm³/mol. The van der Waals surface area contributed by atoms with E-state index in [1.54, 1.807) is 38.1 Å². The van der Waals surface area contributed by atoms with Crippen molar-refractivity contribution in [2.75, 3.05) is 12.4 Å². The number of para-hydroxylation sites is 2. The van der Waals surface area contributed by atoms with Crippen molar-refractivity contribution >= 4 is 39.1 Å². The second-order valence-corrected chi connectivity index (χ2v) is 8.86. The molecule has 0 spiro atoms. The van der Waals surface area contributed by atoms with Gasteiger partial charge >= 0.3 is 5.97 Å². The molecule has 2 aromatic heterocycles. The average Bonchev–Trinajstić information content (AvgIpc) is 3.22. The first-order chi connectivity index (χ1) is 16.9. The minimum Gasteiger partial charge on any atom is -0.495 e. The molecule has 0 saturated carbocycles. The Balaban J connectivity index is 1.62. The molecule has 0 aliphatic heterocycles. The standard InChI is InChI=1S/C26H25N3O5S/c1-4-19(26(32)34-14-17-10-6-5-7-11-17)29-15-27-24-21(25(29)31)16(2)22(35-24)23(30)28-18-12-8-9-13-20(18)33-3/h5-13,15,19H,4,14H2,1-3H3,(H,28,30)/t19-/m0/s1. The number of carbonyl (C=O) groups is 2. The lowest BCUT2D eigenvalue weighted by atomic mass is 10.1. The predicted octanol–water partition coefficient (Wildman–Crippen LogP) is 4.72. The fourth-order valence-electron chi connectivity index (χ4n) is 3.80. The Bertz CT molecular complexity index is 1430. The zero-order valence-electron chi connectivity index (χ0n) is 19.6. The molecule has 180 valence electrons. The molecule has 35 heavy (non-hydrogen) atoms. The van der Waals surface area contributed by atoms with Crippen LogP contribution in [0.15, 0.2) is 65.7 Å². The lowest BCUT2D eigenvalue weighted by Crippen LogP contribution is -2.31. The van der Waals surface area contributed by atoms with Gasteiger partial charge in [0.1, 0.15) is 23.2 Å². The number of thiophene rings is 1. The molecule has 0 radical (unpaired) electrons. The highest BCUT2D eigenvalue weighted by Gasteiger charge is 2.25. The van der Waals surface area contributed by atoms with E-state index in [-0.39, 0.29) is 18.1 Å². The van der Waals surface area contributed by atoms with Crippen LogP contribution in [0.25, 0.3) is 10.2 Å². The Kier molecular flexibility index (Phi) is 7.26. The Hall–Kier alpha value is -3.98. The van der Waals surface area contributed by atoms with E-state index in [2.05, 4.69) is 10.3 Å². The third-order valence-corrected chi connectivity index (χ3v) is 6.85. The number of amides is 1. The Morgan fingerprint density at radius 1 is 1.11 bits per heavy atom. The van der Waals surface area contributed by atoms with Crippen molar-refractivity contribution in [3.05, 3.63) is 87.3 Å². The molecule has 0 unspecified atom stereocenters. The zero-order valence-corrected chi connectivity index (χ0v) is 20.4. The smallest absolute Gasteiger partial charge is 0.329 e. The van der Waals surface area contributed by atoms with E-state index in [1.165, 1.54) is 18.0 Å². The molecular weight excluding hydrogens is 466 g/mol. The van der Waals surface area contributed by atoms with Crippen molar-refractivity contribution in [2.24, 2.45) is 0 Å². The zero-order chi connectivity index (χ0) is 24.9. The monoisotopic (exact) mass is 491 g/mol. The van der Waals surface area contributed by atoms with Gasteiger partial charge in [0.15, 0.2) is 0 Å². The van der Waals surface area contributed by atoms with Gasteiger partial charge in [-0.05, 0) is 36.6 Å². The number of anilines is 1. The Labute approximate surface area is 206 Å². The third-order valence-electron chi connectivity index (χ3n) is 5.66. The van der Waals surface area contributed by atoms with Crippen LogP contribution in [0.3, 0.4) is 0 Å². The largest absolute Gasteiger partial charge is 0.495 e. The van der Waals surface area contributed by atoms with Gasteiger partial charge in [0, 0.05) is 0 Å². The van der Waals surface area contributed by atoms with Crippen LogP contribution >= 0.6 is 11.3 Å². The van der Waals surface area contributed by atoms with E-state index in [4.69, 9.17) is 9.47 Å². The summed E-state index contributed by atoms with van der Waals surface area (Å²) in [6, 6.07) is 15.6. The molecule has 9 heteroatoms. The average molecular weight is 492 g/mol. The number of hydrogen-bond donors (Lipinski definition) is 1. The number of benzene rings is 2. The maximum absolute atomic E-state index is 13.4. The number of aromatic nitrogens is 2. The van der Waals surface area contributed by atoms with E-state index in [0.717, 1.165) is 16.9 Å². The number of hydrogen-bond acceptors (Lipinski definition) is 7. The number of nitrogens with zero attached hydrogens (tertiary/aromatic N) is 2. The molecule has 4 rings (SSSR count). The minimum atomic E-state index is -0.826. The molecule has 0 aliphatic carbocycles. The molecule has 0 aliphatic rings. The van der Waals surface area contributed by atoms with Crippen LogP contribution in [0.2, 0.25) is 0 Å². The SMILES string of the molecule is CC[C@@H](C(=O)OCc1ccccc1)n1cnc2sc(C(=O)Nc3ccccc3OC)c(C)c2c1=O. The van der Waals surface area contributed by atoms with Crippen LogP contribution < -0.4 is 15.6 Å². The summed E-state index contributed by atoms with van der Waals surface area (Å²) in [5.74, 6) is -0.350. The molecule has 2 aromatic carbocycles. The maximum atomic E-state index is 13.4. The van der Waals surface area contributed by atoms with Crippen molar-refractivity contribution in [1.29, 1.82) is 0 Å². The summed E-state index contributed by atoms with van der Waals surface area (Å²) in [7, 11) is 1.52. The summed E-state index contributed by atoms with van der Waals surface area (Å²) < 4.78 is 12.0. The lowest BCUT2D eigenvalue weighted by molar-refractivity contribution is -0.149. The number of ether oxygens (including phenoxy) is 2. The van der Waals surface area contributed by atoms with E-state index in [1.807, 2.05) is 30.3 Å². The number of aryl methyl sites for hydroxylation is 1. The molecule has 0 saturated heterocycles. The van der Waals surface area contributed by atoms with Crippen LogP contribution in [-0.2, 0) is 16.1 Å². The molecule has 0 fully saturated rings. The van der Waals surface area contributed by atoms with Gasteiger partial charge in [0.05, 0.1) is 29.4 Å². The van der Waals surface area contributed by atoms with E-state index in [9.17, 15) is 14.4 Å². The summed E-state index contributed by atoms with van der Waals surface area (Å²) in [4.78, 5) is 44.4. The summed E-state index contributed by atoms with van der Waals surface area (Å²) >= 11 is 1.13. The van der Waals surface area contributed by atoms with Crippen LogP contribution in [0.4, 0.5) is 5.69 Å². The van der Waals surface area contributed by atoms with Crippen molar-refractivity contribution < 1.29 is 19.1 Å². The quantitative estimate of drug-likeness (QED) is 0.358. The number of carbonyl (C=O) groups excluding carboxylic acids is 2. The van der Waals surface area contributed by atoms with Gasteiger partial charge in [0.2, 0.25) is 0 Å². The van der Waals surface area contributed by atoms with Gasteiger partial charge in [-0.1, -0.05) is 49.4 Å². The maximum Gasteiger partial charge on any atom is 0.329 e. The highest BCUT2D eigenvalue weighted by atomic mass is 32.1. The second kappa shape index (κ2) is 10.5. The molecule has 8 nitrogen and oxygen atoms in total. The molecule has 1 amide bonds. The van der Waals surface area contributed by atoms with Gasteiger partial charge in [-0.15, -0.1) is 11.3 Å². The molecule has 1 atom stereocenters. The number of methoxy groups -OCH3 is 1. The third kappa shape index (κ3) is 4.95. The number of nitrogens with one attached hydrogen (secondary N) is 1. The van der Waals surface area contributed by atoms with Gasteiger partial charge in [-0.3, -0.25) is 14.2 Å². The highest BCUT2D eigenvalue weighted by Crippen LogP contribution is 2.30. The minimum absolute atomic E-state index is 0.116. The number of rotatable bonds is 8. The Morgan fingerprint density at radius 3 is 2.54 bits per heavy atom. The van der Waals surface area contributed by atoms with Crippen molar-refractivity contribution in [3.63, 3.8) is 0 Å². The molecule has 0 bridgehead atoms. The summed E-state index contributed by atoms with van der Waals surface area (Å²) in [6.07, 6.45) is 1.70. The molecule has 4 aromatic rings. The lowest BCUT2D eigenvalue weighted by Gasteiger charge is -2.17. The van der Waals surface area contributed by atoms with Gasteiger partial charge in [-0.2, -0.15) is 0 Å². The molecule has 2 heterocycles. The van der Waals surface area contributed by atoms with Gasteiger partial charge in [0.25, 0.3) is 11.5 Å². The number of fused-ring (bicyclic) bond motifs is 1. The van der Waals surface area contributed by atoms with Crippen LogP contribution in [0, 0.1) is 6.92 Å². The van der Waals surface area contributed by atoms with Crippen LogP contribution in [0.1, 0.15) is 40.2 Å². The highest BCUT2D eigenvalue weighted by molar-refractivity contribution is 7.20. The second-order valence-electron chi connectivity index (χ2n) is 7.87. The topological polar surface area (TPSA) is 99.5 Å². The van der Waals surface area contributed by atoms with E-state index < -0.39 is 12.0 Å².